The van der Waals surface area contributed by atoms with Gasteiger partial charge in [-0.1, -0.05) is 30.3 Å². The molecule has 0 aliphatic rings. The lowest BCUT2D eigenvalue weighted by molar-refractivity contribution is 0.0939. The highest BCUT2D eigenvalue weighted by atomic mass is 16.2. The van der Waals surface area contributed by atoms with Gasteiger partial charge >= 0.3 is 0 Å². The lowest BCUT2D eigenvalue weighted by atomic mass is 10.1. The van der Waals surface area contributed by atoms with Gasteiger partial charge in [0.2, 0.25) is 5.82 Å². The molecular formula is C22H27N5O2. The minimum Gasteiger partial charge on any atom is -0.351 e. The highest BCUT2D eigenvalue weighted by molar-refractivity contribution is 6.02. The van der Waals surface area contributed by atoms with E-state index in [4.69, 9.17) is 0 Å². The molecule has 0 aliphatic heterocycles. The van der Waals surface area contributed by atoms with Crippen molar-refractivity contribution in [3.05, 3.63) is 71.3 Å². The van der Waals surface area contributed by atoms with E-state index in [0.29, 0.717) is 18.6 Å². The number of carbonyl (C=O) groups is 2. The van der Waals surface area contributed by atoms with Crippen molar-refractivity contribution < 1.29 is 9.59 Å². The Bertz CT molecular complexity index is 1010. The Kier molecular flexibility index (Phi) is 6.61. The summed E-state index contributed by atoms with van der Waals surface area (Å²) in [7, 11) is 3.99. The molecule has 0 unspecified atom stereocenters. The van der Waals surface area contributed by atoms with Gasteiger partial charge in [0.25, 0.3) is 11.8 Å². The summed E-state index contributed by atoms with van der Waals surface area (Å²) in [6.07, 6.45) is 2.59. The third-order valence-electron chi connectivity index (χ3n) is 4.73. The lowest BCUT2D eigenvalue weighted by Gasteiger charge is -2.09. The second-order valence-corrected chi connectivity index (χ2v) is 7.26. The van der Waals surface area contributed by atoms with Gasteiger partial charge in [-0.3, -0.25) is 14.0 Å². The van der Waals surface area contributed by atoms with Crippen LogP contribution in [0.5, 0.6) is 0 Å². The van der Waals surface area contributed by atoms with Gasteiger partial charge in [-0.05, 0) is 57.2 Å². The Hall–Kier alpha value is -3.19. The van der Waals surface area contributed by atoms with Crippen molar-refractivity contribution in [2.24, 2.45) is 0 Å². The Morgan fingerprint density at radius 3 is 2.55 bits per heavy atom. The molecule has 2 amide bonds. The molecule has 0 radical (unpaired) electrons. The van der Waals surface area contributed by atoms with Gasteiger partial charge in [-0.2, -0.15) is 0 Å². The minimum absolute atomic E-state index is 0.202. The van der Waals surface area contributed by atoms with Gasteiger partial charge in [-0.25, -0.2) is 4.98 Å². The zero-order valence-corrected chi connectivity index (χ0v) is 17.1. The van der Waals surface area contributed by atoms with Crippen molar-refractivity contribution in [1.82, 2.24) is 24.9 Å². The maximum atomic E-state index is 12.8. The van der Waals surface area contributed by atoms with Crippen LogP contribution < -0.4 is 10.6 Å². The first-order valence-corrected chi connectivity index (χ1v) is 9.70. The van der Waals surface area contributed by atoms with Crippen LogP contribution in [0.25, 0.3) is 5.52 Å². The molecule has 0 fully saturated rings. The van der Waals surface area contributed by atoms with Crippen molar-refractivity contribution in [1.29, 1.82) is 0 Å². The van der Waals surface area contributed by atoms with E-state index < -0.39 is 0 Å². The van der Waals surface area contributed by atoms with E-state index in [1.54, 1.807) is 16.7 Å². The average molecular weight is 393 g/mol. The number of hydrogen-bond acceptors (Lipinski definition) is 4. The zero-order valence-electron chi connectivity index (χ0n) is 17.1. The van der Waals surface area contributed by atoms with E-state index in [1.807, 2.05) is 57.4 Å². The van der Waals surface area contributed by atoms with Gasteiger partial charge < -0.3 is 15.5 Å². The van der Waals surface area contributed by atoms with Crippen LogP contribution >= 0.6 is 0 Å². The molecule has 0 aliphatic carbocycles. The summed E-state index contributed by atoms with van der Waals surface area (Å²) in [6, 6.07) is 13.3. The van der Waals surface area contributed by atoms with Crippen LogP contribution in [-0.4, -0.2) is 53.3 Å². The highest BCUT2D eigenvalue weighted by Gasteiger charge is 2.21. The predicted molar refractivity (Wildman–Crippen MR) is 113 cm³/mol. The van der Waals surface area contributed by atoms with Crippen molar-refractivity contribution >= 4 is 17.3 Å². The van der Waals surface area contributed by atoms with Crippen molar-refractivity contribution in [3.63, 3.8) is 0 Å². The molecule has 0 saturated carbocycles. The first-order valence-electron chi connectivity index (χ1n) is 9.70. The summed E-state index contributed by atoms with van der Waals surface area (Å²) in [4.78, 5) is 31.8. The molecule has 0 atom stereocenters. The third kappa shape index (κ3) is 5.00. The largest absolute Gasteiger partial charge is 0.351 e. The molecule has 3 rings (SSSR count). The maximum absolute atomic E-state index is 12.8. The minimum atomic E-state index is -0.318. The molecule has 3 aromatic rings. The SMILES string of the molecule is Cc1ccccc1CNC(=O)c1nc(C(=O)NCCCN(C)C)c2ccccn12. The number of nitrogens with zero attached hydrogens (tertiary/aromatic N) is 3. The standard InChI is InChI=1S/C22H27N5O2/c1-16-9-4-5-10-17(16)15-24-22(29)20-25-19(18-11-6-7-14-27(18)20)21(28)23-12-8-13-26(2)3/h4-7,9-11,14H,8,12-13,15H2,1-3H3,(H,23,28)(H,24,29). The molecule has 2 heterocycles. The molecule has 152 valence electrons. The maximum Gasteiger partial charge on any atom is 0.287 e. The summed E-state index contributed by atoms with van der Waals surface area (Å²) in [5, 5.41) is 5.80. The van der Waals surface area contributed by atoms with Crippen LogP contribution in [0.4, 0.5) is 0 Å². The lowest BCUT2D eigenvalue weighted by Crippen LogP contribution is -2.28. The summed E-state index contributed by atoms with van der Waals surface area (Å²) in [5.41, 5.74) is 3.02. The number of hydrogen-bond donors (Lipinski definition) is 2. The van der Waals surface area contributed by atoms with Crippen molar-refractivity contribution in [2.45, 2.75) is 19.9 Å². The fraction of sp³-hybridized carbons (Fsp3) is 0.318. The first kappa shape index (κ1) is 20.5. The Morgan fingerprint density at radius 2 is 1.79 bits per heavy atom. The Morgan fingerprint density at radius 1 is 1.03 bits per heavy atom. The fourth-order valence-corrected chi connectivity index (χ4v) is 3.11. The number of aryl methyl sites for hydroxylation is 1. The predicted octanol–water partition coefficient (Wildman–Crippen LogP) is 2.25. The smallest absolute Gasteiger partial charge is 0.287 e. The second-order valence-electron chi connectivity index (χ2n) is 7.26. The van der Waals surface area contributed by atoms with Crippen molar-refractivity contribution in [2.75, 3.05) is 27.2 Å². The molecule has 0 spiro atoms. The number of imidazole rings is 1. The average Bonchev–Trinajstić information content (AvgIpc) is 3.10. The van der Waals surface area contributed by atoms with Crippen molar-refractivity contribution in [3.8, 4) is 0 Å². The van der Waals surface area contributed by atoms with E-state index >= 15 is 0 Å². The summed E-state index contributed by atoms with van der Waals surface area (Å²) >= 11 is 0. The summed E-state index contributed by atoms with van der Waals surface area (Å²) < 4.78 is 1.65. The molecular weight excluding hydrogens is 366 g/mol. The normalized spacial score (nSPS) is 11.0. The number of nitrogens with one attached hydrogen (secondary N) is 2. The monoisotopic (exact) mass is 393 g/mol. The third-order valence-corrected chi connectivity index (χ3v) is 4.73. The number of pyridine rings is 1. The molecule has 29 heavy (non-hydrogen) atoms. The molecule has 1 aromatic carbocycles. The quantitative estimate of drug-likeness (QED) is 0.576. The van der Waals surface area contributed by atoms with Crippen LogP contribution in [0.15, 0.2) is 48.7 Å². The Labute approximate surface area is 170 Å². The van der Waals surface area contributed by atoms with Gasteiger partial charge in [0.15, 0.2) is 5.69 Å². The number of fused-ring (bicyclic) bond motifs is 1. The van der Waals surface area contributed by atoms with Gasteiger partial charge in [0, 0.05) is 19.3 Å². The first-order chi connectivity index (χ1) is 14.0. The van der Waals surface area contributed by atoms with E-state index in [1.165, 1.54) is 0 Å². The van der Waals surface area contributed by atoms with Crippen LogP contribution in [0.3, 0.4) is 0 Å². The van der Waals surface area contributed by atoms with Gasteiger partial charge in [0.1, 0.15) is 0 Å². The molecule has 7 heteroatoms. The molecule has 0 saturated heterocycles. The highest BCUT2D eigenvalue weighted by Crippen LogP contribution is 2.14. The van der Waals surface area contributed by atoms with E-state index in [-0.39, 0.29) is 23.3 Å². The number of rotatable bonds is 8. The number of benzene rings is 1. The Balaban J connectivity index is 1.75. The number of aromatic nitrogens is 2. The van der Waals surface area contributed by atoms with Crippen LogP contribution in [-0.2, 0) is 6.54 Å². The van der Waals surface area contributed by atoms with Crippen LogP contribution in [0.2, 0.25) is 0 Å². The van der Waals surface area contributed by atoms with E-state index in [0.717, 1.165) is 24.1 Å². The zero-order chi connectivity index (χ0) is 20.8. The van der Waals surface area contributed by atoms with Gasteiger partial charge in [0.05, 0.1) is 5.52 Å². The number of carbonyl (C=O) groups excluding carboxylic acids is 2. The molecule has 2 N–H and O–H groups in total. The van der Waals surface area contributed by atoms with Gasteiger partial charge in [-0.15, -0.1) is 0 Å². The van der Waals surface area contributed by atoms with E-state index in [2.05, 4.69) is 20.5 Å². The van der Waals surface area contributed by atoms with E-state index in [9.17, 15) is 9.59 Å². The second kappa shape index (κ2) is 9.34. The summed E-state index contributed by atoms with van der Waals surface area (Å²) in [5.74, 6) is -0.390. The fourth-order valence-electron chi connectivity index (χ4n) is 3.11. The summed E-state index contributed by atoms with van der Waals surface area (Å²) in [6.45, 7) is 3.85. The molecule has 7 nitrogen and oxygen atoms in total. The molecule has 0 bridgehead atoms. The molecule has 2 aromatic heterocycles. The van der Waals surface area contributed by atoms with Crippen LogP contribution in [0.1, 0.15) is 38.7 Å². The van der Waals surface area contributed by atoms with Crippen LogP contribution in [0, 0.1) is 6.92 Å². The topological polar surface area (TPSA) is 78.7 Å². The number of amides is 2.